The highest BCUT2D eigenvalue weighted by Gasteiger charge is 2.19. The van der Waals surface area contributed by atoms with Gasteiger partial charge in [0.15, 0.2) is 0 Å². The predicted molar refractivity (Wildman–Crippen MR) is 102 cm³/mol. The predicted octanol–water partition coefficient (Wildman–Crippen LogP) is 3.25. The number of hydrogen-bond donors (Lipinski definition) is 3. The average Bonchev–Trinajstić information content (AvgIpc) is 2.60. The standard InChI is InChI=1S/C20H27N3O3/c1-5-14-8-7-9-15(6-2)18(14)23-19(24)16(11-21)12-22-17(20(25)26)10-13(3)4/h7-9,12-13,17,22H,5-6,10H2,1-4H3,(H,23,24)(H,25,26)/b16-12-. The lowest BCUT2D eigenvalue weighted by molar-refractivity contribution is -0.139. The largest absolute Gasteiger partial charge is 0.480 e. The number of nitriles is 1. The van der Waals surface area contributed by atoms with Gasteiger partial charge in [-0.25, -0.2) is 4.79 Å². The fourth-order valence-electron chi connectivity index (χ4n) is 2.63. The number of aliphatic carboxylic acids is 1. The highest BCUT2D eigenvalue weighted by Crippen LogP contribution is 2.23. The maximum atomic E-state index is 12.5. The van der Waals surface area contributed by atoms with E-state index in [1.54, 1.807) is 0 Å². The van der Waals surface area contributed by atoms with Crippen molar-refractivity contribution < 1.29 is 14.7 Å². The number of carboxylic acid groups (broad SMARTS) is 1. The lowest BCUT2D eigenvalue weighted by atomic mass is 10.0. The summed E-state index contributed by atoms with van der Waals surface area (Å²) in [5, 5.41) is 24.0. The maximum absolute atomic E-state index is 12.5. The molecule has 3 N–H and O–H groups in total. The van der Waals surface area contributed by atoms with Crippen LogP contribution in [0.4, 0.5) is 5.69 Å². The summed E-state index contributed by atoms with van der Waals surface area (Å²) in [5.41, 5.74) is 2.55. The molecule has 0 fully saturated rings. The van der Waals surface area contributed by atoms with Crippen molar-refractivity contribution in [2.75, 3.05) is 5.32 Å². The molecule has 0 saturated carbocycles. The number of nitrogens with zero attached hydrogens (tertiary/aromatic N) is 1. The Morgan fingerprint density at radius 1 is 1.23 bits per heavy atom. The molecule has 1 aromatic rings. The van der Waals surface area contributed by atoms with Gasteiger partial charge >= 0.3 is 5.97 Å². The monoisotopic (exact) mass is 357 g/mol. The van der Waals surface area contributed by atoms with Crippen molar-refractivity contribution in [1.82, 2.24) is 5.32 Å². The Kier molecular flexibility index (Phi) is 8.36. The van der Waals surface area contributed by atoms with E-state index in [4.69, 9.17) is 0 Å². The van der Waals surface area contributed by atoms with Crippen LogP contribution in [0, 0.1) is 17.2 Å². The topological polar surface area (TPSA) is 102 Å². The zero-order valence-electron chi connectivity index (χ0n) is 15.8. The van der Waals surface area contributed by atoms with Gasteiger partial charge in [-0.1, -0.05) is 45.9 Å². The van der Waals surface area contributed by atoms with Crippen molar-refractivity contribution >= 4 is 17.6 Å². The number of anilines is 1. The minimum absolute atomic E-state index is 0.159. The van der Waals surface area contributed by atoms with E-state index < -0.39 is 17.9 Å². The molecule has 0 aliphatic rings. The summed E-state index contributed by atoms with van der Waals surface area (Å²) in [7, 11) is 0. The molecular weight excluding hydrogens is 330 g/mol. The molecule has 0 spiro atoms. The minimum atomic E-state index is -1.02. The molecule has 1 aromatic carbocycles. The number of aryl methyl sites for hydroxylation is 2. The Bertz CT molecular complexity index is 695. The van der Waals surface area contributed by atoms with E-state index >= 15 is 0 Å². The molecule has 0 radical (unpaired) electrons. The number of para-hydroxylation sites is 1. The molecule has 0 bridgehead atoms. The Labute approximate surface area is 154 Å². The fourth-order valence-corrected chi connectivity index (χ4v) is 2.63. The first-order valence-corrected chi connectivity index (χ1v) is 8.85. The van der Waals surface area contributed by atoms with Crippen molar-refractivity contribution in [3.63, 3.8) is 0 Å². The molecule has 1 atom stereocenters. The van der Waals surface area contributed by atoms with Gasteiger partial charge in [-0.05, 0) is 36.3 Å². The van der Waals surface area contributed by atoms with E-state index in [1.165, 1.54) is 6.20 Å². The lowest BCUT2D eigenvalue weighted by Crippen LogP contribution is -2.35. The molecule has 26 heavy (non-hydrogen) atoms. The third kappa shape index (κ3) is 5.92. The first-order chi connectivity index (χ1) is 12.3. The number of nitrogens with one attached hydrogen (secondary N) is 2. The Balaban J connectivity index is 3.00. The van der Waals surface area contributed by atoms with Gasteiger partial charge in [0.25, 0.3) is 5.91 Å². The van der Waals surface area contributed by atoms with Gasteiger partial charge in [0, 0.05) is 11.9 Å². The fraction of sp³-hybridized carbons (Fsp3) is 0.450. The van der Waals surface area contributed by atoms with E-state index in [9.17, 15) is 20.0 Å². The van der Waals surface area contributed by atoms with Crippen LogP contribution in [0.5, 0.6) is 0 Å². The second kappa shape index (κ2) is 10.2. The number of rotatable bonds is 9. The molecule has 0 aromatic heterocycles. The summed E-state index contributed by atoms with van der Waals surface area (Å²) in [6.07, 6.45) is 3.09. The van der Waals surface area contributed by atoms with Crippen molar-refractivity contribution in [3.8, 4) is 6.07 Å². The van der Waals surface area contributed by atoms with Gasteiger partial charge in [-0.3, -0.25) is 4.79 Å². The Morgan fingerprint density at radius 3 is 2.23 bits per heavy atom. The zero-order chi connectivity index (χ0) is 19.7. The zero-order valence-corrected chi connectivity index (χ0v) is 15.8. The van der Waals surface area contributed by atoms with Crippen LogP contribution in [0.2, 0.25) is 0 Å². The smallest absolute Gasteiger partial charge is 0.326 e. The molecule has 1 rings (SSSR count). The molecule has 0 heterocycles. The van der Waals surface area contributed by atoms with Crippen molar-refractivity contribution in [2.45, 2.75) is 53.0 Å². The van der Waals surface area contributed by atoms with Crippen LogP contribution in [0.15, 0.2) is 30.0 Å². The molecular formula is C20H27N3O3. The van der Waals surface area contributed by atoms with Crippen LogP contribution in [-0.4, -0.2) is 23.0 Å². The molecule has 6 nitrogen and oxygen atoms in total. The first kappa shape index (κ1) is 21.2. The van der Waals surface area contributed by atoms with Crippen molar-refractivity contribution in [3.05, 3.63) is 41.1 Å². The number of carbonyl (C=O) groups excluding carboxylic acids is 1. The summed E-state index contributed by atoms with van der Waals surface area (Å²) in [4.78, 5) is 23.8. The second-order valence-electron chi connectivity index (χ2n) is 6.47. The van der Waals surface area contributed by atoms with Gasteiger partial charge in [-0.15, -0.1) is 0 Å². The highest BCUT2D eigenvalue weighted by molar-refractivity contribution is 6.07. The third-order valence-electron chi connectivity index (χ3n) is 4.04. The number of benzene rings is 1. The number of hydrogen-bond acceptors (Lipinski definition) is 4. The van der Waals surface area contributed by atoms with Crippen LogP contribution >= 0.6 is 0 Å². The van der Waals surface area contributed by atoms with E-state index in [0.29, 0.717) is 6.42 Å². The lowest BCUT2D eigenvalue weighted by Gasteiger charge is -2.16. The molecule has 0 aliphatic carbocycles. The van der Waals surface area contributed by atoms with Crippen molar-refractivity contribution in [2.24, 2.45) is 5.92 Å². The third-order valence-corrected chi connectivity index (χ3v) is 4.04. The second-order valence-corrected chi connectivity index (χ2v) is 6.47. The minimum Gasteiger partial charge on any atom is -0.480 e. The van der Waals surface area contributed by atoms with E-state index in [2.05, 4.69) is 10.6 Å². The van der Waals surface area contributed by atoms with Gasteiger partial charge < -0.3 is 15.7 Å². The highest BCUT2D eigenvalue weighted by atomic mass is 16.4. The number of amides is 1. The normalized spacial score (nSPS) is 12.4. The van der Waals surface area contributed by atoms with Crippen molar-refractivity contribution in [1.29, 1.82) is 5.26 Å². The van der Waals surface area contributed by atoms with Gasteiger partial charge in [0.2, 0.25) is 0 Å². The summed E-state index contributed by atoms with van der Waals surface area (Å²) in [6, 6.07) is 6.81. The van der Waals surface area contributed by atoms with Crippen LogP contribution < -0.4 is 10.6 Å². The van der Waals surface area contributed by atoms with Crippen LogP contribution in [0.25, 0.3) is 0 Å². The summed E-state index contributed by atoms with van der Waals surface area (Å²) >= 11 is 0. The van der Waals surface area contributed by atoms with E-state index in [1.807, 2.05) is 52.0 Å². The summed E-state index contributed by atoms with van der Waals surface area (Å²) < 4.78 is 0. The molecule has 0 saturated heterocycles. The molecule has 6 heteroatoms. The van der Waals surface area contributed by atoms with E-state index in [-0.39, 0.29) is 11.5 Å². The molecule has 140 valence electrons. The van der Waals surface area contributed by atoms with Gasteiger partial charge in [0.1, 0.15) is 17.7 Å². The molecule has 1 amide bonds. The maximum Gasteiger partial charge on any atom is 0.326 e. The Hall–Kier alpha value is -2.81. The number of carboxylic acids is 1. The summed E-state index contributed by atoms with van der Waals surface area (Å²) in [6.45, 7) is 7.81. The SMILES string of the molecule is CCc1cccc(CC)c1NC(=O)/C(C#N)=C\NC(CC(C)C)C(=O)O. The Morgan fingerprint density at radius 2 is 1.81 bits per heavy atom. The van der Waals surface area contributed by atoms with Crippen LogP contribution in [-0.2, 0) is 22.4 Å². The van der Waals surface area contributed by atoms with E-state index in [0.717, 1.165) is 29.7 Å². The van der Waals surface area contributed by atoms with Gasteiger partial charge in [0.05, 0.1) is 0 Å². The van der Waals surface area contributed by atoms with Crippen LogP contribution in [0.1, 0.15) is 45.2 Å². The number of carbonyl (C=O) groups is 2. The quantitative estimate of drug-likeness (QED) is 0.465. The molecule has 1 unspecified atom stereocenters. The average molecular weight is 357 g/mol. The first-order valence-electron chi connectivity index (χ1n) is 8.85. The van der Waals surface area contributed by atoms with Crippen LogP contribution in [0.3, 0.4) is 0 Å². The van der Waals surface area contributed by atoms with Gasteiger partial charge in [-0.2, -0.15) is 5.26 Å². The molecule has 0 aliphatic heterocycles. The summed E-state index contributed by atoms with van der Waals surface area (Å²) in [5.74, 6) is -1.40.